The number of fused-ring (bicyclic) bond motifs is 1. The molecule has 2 aliphatic rings. The molecule has 1 aromatic carbocycles. The van der Waals surface area contributed by atoms with Gasteiger partial charge in [-0.3, -0.25) is 9.69 Å². The Morgan fingerprint density at radius 2 is 2.14 bits per heavy atom. The summed E-state index contributed by atoms with van der Waals surface area (Å²) in [5, 5.41) is 13.6. The highest BCUT2D eigenvalue weighted by atomic mass is 16.5. The van der Waals surface area contributed by atoms with Gasteiger partial charge in [-0.25, -0.2) is 4.68 Å². The van der Waals surface area contributed by atoms with Crippen molar-refractivity contribution >= 4 is 10.9 Å². The fourth-order valence-corrected chi connectivity index (χ4v) is 4.62. The fraction of sp³-hybridized carbons (Fsp3) is 0.524. The Morgan fingerprint density at radius 3 is 2.93 bits per heavy atom. The SMILES string of the molecule is Cc1cccc2cc(C(c3nnnn3CC3CCCO3)N3CCCC3)c(=O)[nH]c12. The summed E-state index contributed by atoms with van der Waals surface area (Å²) < 4.78 is 7.62. The number of aryl methyl sites for hydroxylation is 1. The second-order valence-corrected chi connectivity index (χ2v) is 8.09. The number of pyridine rings is 1. The first-order valence-corrected chi connectivity index (χ1v) is 10.4. The highest BCUT2D eigenvalue weighted by molar-refractivity contribution is 5.82. The molecule has 8 nitrogen and oxygen atoms in total. The zero-order chi connectivity index (χ0) is 19.8. The maximum atomic E-state index is 13.1. The normalized spacial score (nSPS) is 21.2. The van der Waals surface area contributed by atoms with E-state index in [-0.39, 0.29) is 17.7 Å². The molecular weight excluding hydrogens is 368 g/mol. The van der Waals surface area contributed by atoms with Crippen molar-refractivity contribution < 1.29 is 4.74 Å². The number of aromatic nitrogens is 5. The van der Waals surface area contributed by atoms with Gasteiger partial charge >= 0.3 is 0 Å². The summed E-state index contributed by atoms with van der Waals surface area (Å²) in [6.07, 6.45) is 4.46. The van der Waals surface area contributed by atoms with Crippen LogP contribution in [-0.4, -0.2) is 55.9 Å². The molecule has 2 aliphatic heterocycles. The number of hydrogen-bond acceptors (Lipinski definition) is 6. The summed E-state index contributed by atoms with van der Waals surface area (Å²) in [7, 11) is 0. The van der Waals surface area contributed by atoms with Crippen LogP contribution in [0.3, 0.4) is 0 Å². The zero-order valence-corrected chi connectivity index (χ0v) is 16.7. The van der Waals surface area contributed by atoms with Gasteiger partial charge in [0.1, 0.15) is 6.04 Å². The molecule has 0 aliphatic carbocycles. The van der Waals surface area contributed by atoms with Crippen LogP contribution in [0.5, 0.6) is 0 Å². The van der Waals surface area contributed by atoms with E-state index in [0.29, 0.717) is 12.1 Å². The summed E-state index contributed by atoms with van der Waals surface area (Å²) in [5.74, 6) is 0.722. The summed E-state index contributed by atoms with van der Waals surface area (Å²) in [6, 6.07) is 7.82. The van der Waals surface area contributed by atoms with Gasteiger partial charge in [0.05, 0.1) is 18.2 Å². The molecule has 152 valence electrons. The molecule has 2 fully saturated rings. The predicted molar refractivity (Wildman–Crippen MR) is 109 cm³/mol. The molecule has 2 saturated heterocycles. The Bertz CT molecular complexity index is 1060. The van der Waals surface area contributed by atoms with Crippen LogP contribution in [-0.2, 0) is 11.3 Å². The Balaban J connectivity index is 1.60. The lowest BCUT2D eigenvalue weighted by atomic mass is 10.0. The molecule has 5 rings (SSSR count). The summed E-state index contributed by atoms with van der Waals surface area (Å²) in [5.41, 5.74) is 2.58. The van der Waals surface area contributed by atoms with Crippen molar-refractivity contribution in [3.8, 4) is 0 Å². The van der Waals surface area contributed by atoms with Crippen molar-refractivity contribution in [3.63, 3.8) is 0 Å². The molecule has 4 heterocycles. The van der Waals surface area contributed by atoms with E-state index in [1.165, 1.54) is 0 Å². The van der Waals surface area contributed by atoms with Crippen LogP contribution in [0.1, 0.15) is 48.7 Å². The molecule has 0 spiro atoms. The average molecular weight is 394 g/mol. The predicted octanol–water partition coefficient (Wildman–Crippen LogP) is 2.19. The minimum Gasteiger partial charge on any atom is -0.376 e. The minimum absolute atomic E-state index is 0.0737. The third-order valence-corrected chi connectivity index (χ3v) is 6.12. The molecule has 0 radical (unpaired) electrons. The molecule has 8 heteroatoms. The van der Waals surface area contributed by atoms with Crippen LogP contribution in [0.15, 0.2) is 29.1 Å². The number of H-pyrrole nitrogens is 1. The molecular formula is C21H26N6O2. The second kappa shape index (κ2) is 7.68. The van der Waals surface area contributed by atoms with E-state index < -0.39 is 0 Å². The Kier molecular flexibility index (Phi) is 4.89. The van der Waals surface area contributed by atoms with Gasteiger partial charge in [0.2, 0.25) is 0 Å². The Morgan fingerprint density at radius 1 is 1.28 bits per heavy atom. The first-order chi connectivity index (χ1) is 14.2. The van der Waals surface area contributed by atoms with E-state index in [0.717, 1.165) is 67.7 Å². The van der Waals surface area contributed by atoms with Gasteiger partial charge in [0, 0.05) is 12.2 Å². The Labute approximate surface area is 168 Å². The van der Waals surface area contributed by atoms with Crippen molar-refractivity contribution in [2.75, 3.05) is 19.7 Å². The van der Waals surface area contributed by atoms with Gasteiger partial charge in [0.25, 0.3) is 5.56 Å². The molecule has 3 aromatic rings. The van der Waals surface area contributed by atoms with Crippen molar-refractivity contribution in [1.82, 2.24) is 30.1 Å². The maximum Gasteiger partial charge on any atom is 0.253 e. The van der Waals surface area contributed by atoms with E-state index in [1.807, 2.05) is 35.9 Å². The third-order valence-electron chi connectivity index (χ3n) is 6.12. The van der Waals surface area contributed by atoms with Gasteiger partial charge in [-0.1, -0.05) is 18.2 Å². The first kappa shape index (κ1) is 18.4. The topological polar surface area (TPSA) is 88.9 Å². The van der Waals surface area contributed by atoms with Crippen LogP contribution in [0, 0.1) is 6.92 Å². The van der Waals surface area contributed by atoms with Crippen LogP contribution in [0.2, 0.25) is 0 Å². The number of ether oxygens (including phenoxy) is 1. The Hall–Kier alpha value is -2.58. The molecule has 2 atom stereocenters. The minimum atomic E-state index is -0.262. The number of tetrazole rings is 1. The van der Waals surface area contributed by atoms with Crippen molar-refractivity contribution in [3.05, 3.63) is 51.6 Å². The number of hydrogen-bond donors (Lipinski definition) is 1. The third kappa shape index (κ3) is 3.47. The van der Waals surface area contributed by atoms with E-state index in [2.05, 4.69) is 25.4 Å². The number of aromatic amines is 1. The van der Waals surface area contributed by atoms with E-state index >= 15 is 0 Å². The number of nitrogens with one attached hydrogen (secondary N) is 1. The highest BCUT2D eigenvalue weighted by Crippen LogP contribution is 2.30. The van der Waals surface area contributed by atoms with Crippen LogP contribution < -0.4 is 5.56 Å². The average Bonchev–Trinajstić information content (AvgIpc) is 3.48. The van der Waals surface area contributed by atoms with Crippen molar-refractivity contribution in [1.29, 1.82) is 0 Å². The van der Waals surface area contributed by atoms with Gasteiger partial charge in [0.15, 0.2) is 5.82 Å². The molecule has 0 saturated carbocycles. The van der Waals surface area contributed by atoms with Gasteiger partial charge in [-0.05, 0) is 73.1 Å². The number of rotatable bonds is 5. The van der Waals surface area contributed by atoms with Crippen molar-refractivity contribution in [2.45, 2.75) is 51.3 Å². The van der Waals surface area contributed by atoms with E-state index in [1.54, 1.807) is 0 Å². The monoisotopic (exact) mass is 394 g/mol. The van der Waals surface area contributed by atoms with Gasteiger partial charge in [-0.2, -0.15) is 0 Å². The van der Waals surface area contributed by atoms with E-state index in [9.17, 15) is 4.79 Å². The van der Waals surface area contributed by atoms with Crippen LogP contribution >= 0.6 is 0 Å². The van der Waals surface area contributed by atoms with Gasteiger partial charge < -0.3 is 9.72 Å². The lowest BCUT2D eigenvalue weighted by Gasteiger charge is -2.27. The zero-order valence-electron chi connectivity index (χ0n) is 16.7. The van der Waals surface area contributed by atoms with Crippen LogP contribution in [0.4, 0.5) is 0 Å². The quantitative estimate of drug-likeness (QED) is 0.714. The smallest absolute Gasteiger partial charge is 0.253 e. The lowest BCUT2D eigenvalue weighted by Crippen LogP contribution is -2.34. The maximum absolute atomic E-state index is 13.1. The number of nitrogens with zero attached hydrogens (tertiary/aromatic N) is 5. The summed E-state index contributed by atoms with van der Waals surface area (Å²) >= 11 is 0. The molecule has 0 amide bonds. The van der Waals surface area contributed by atoms with Crippen LogP contribution in [0.25, 0.3) is 10.9 Å². The van der Waals surface area contributed by atoms with Gasteiger partial charge in [-0.15, -0.1) is 5.10 Å². The largest absolute Gasteiger partial charge is 0.376 e. The number of likely N-dealkylation sites (tertiary alicyclic amines) is 1. The van der Waals surface area contributed by atoms with Crippen molar-refractivity contribution in [2.24, 2.45) is 0 Å². The molecule has 0 bridgehead atoms. The fourth-order valence-electron chi connectivity index (χ4n) is 4.62. The number of para-hydroxylation sites is 1. The standard InChI is InChI=1S/C21H26N6O2/c1-14-6-4-7-15-12-17(21(28)22-18(14)15)19(26-9-2-3-10-26)20-23-24-25-27(20)13-16-8-5-11-29-16/h4,6-7,12,16,19H,2-3,5,8-11,13H2,1H3,(H,22,28). The molecule has 2 unspecified atom stereocenters. The second-order valence-electron chi connectivity index (χ2n) is 8.09. The molecule has 2 aromatic heterocycles. The molecule has 1 N–H and O–H groups in total. The lowest BCUT2D eigenvalue weighted by molar-refractivity contribution is 0.0912. The molecule has 29 heavy (non-hydrogen) atoms. The first-order valence-electron chi connectivity index (χ1n) is 10.4. The summed E-state index contributed by atoms with van der Waals surface area (Å²) in [6.45, 7) is 5.29. The number of benzene rings is 1. The van der Waals surface area contributed by atoms with E-state index in [4.69, 9.17) is 4.74 Å². The summed E-state index contributed by atoms with van der Waals surface area (Å²) in [4.78, 5) is 18.6. The highest BCUT2D eigenvalue weighted by Gasteiger charge is 2.32.